The molecule has 0 aromatic heterocycles. The fourth-order valence-corrected chi connectivity index (χ4v) is 1.46. The van der Waals surface area contributed by atoms with Crippen molar-refractivity contribution in [1.29, 1.82) is 0 Å². The number of hydrogen-bond acceptors (Lipinski definition) is 5. The molecule has 0 unspecified atom stereocenters. The molecule has 1 rings (SSSR count). The number of rotatable bonds is 5. The minimum absolute atomic E-state index is 0.300. The molecule has 1 amide bonds. The SMILES string of the molecule is COc1cc(OC)c(C(=O)NOC(C)(C)C)cc1OC. The summed E-state index contributed by atoms with van der Waals surface area (Å²) in [5.41, 5.74) is 2.20. The standard InChI is InChI=1S/C14H21NO5/c1-14(2,3)20-15-13(16)9-7-11(18-5)12(19-6)8-10(9)17-4/h7-8H,1-6H3,(H,15,16). The largest absolute Gasteiger partial charge is 0.496 e. The van der Waals surface area contributed by atoms with Gasteiger partial charge in [0.2, 0.25) is 0 Å². The van der Waals surface area contributed by atoms with Crippen LogP contribution in [0.3, 0.4) is 0 Å². The highest BCUT2D eigenvalue weighted by atomic mass is 16.7. The number of benzene rings is 1. The molecule has 6 nitrogen and oxygen atoms in total. The summed E-state index contributed by atoms with van der Waals surface area (Å²) in [6.07, 6.45) is 0. The minimum Gasteiger partial charge on any atom is -0.496 e. The molecule has 0 spiro atoms. The van der Waals surface area contributed by atoms with Crippen molar-refractivity contribution in [3.63, 3.8) is 0 Å². The van der Waals surface area contributed by atoms with Crippen LogP contribution < -0.4 is 19.7 Å². The van der Waals surface area contributed by atoms with Crippen molar-refractivity contribution in [2.75, 3.05) is 21.3 Å². The highest BCUT2D eigenvalue weighted by Gasteiger charge is 2.20. The first-order valence-electron chi connectivity index (χ1n) is 6.10. The predicted molar refractivity (Wildman–Crippen MR) is 74.4 cm³/mol. The van der Waals surface area contributed by atoms with Crippen LogP contribution in [0.25, 0.3) is 0 Å². The number of carbonyl (C=O) groups excluding carboxylic acids is 1. The van der Waals surface area contributed by atoms with Crippen molar-refractivity contribution in [1.82, 2.24) is 5.48 Å². The van der Waals surface area contributed by atoms with Gasteiger partial charge in [-0.25, -0.2) is 5.48 Å². The third-order valence-corrected chi connectivity index (χ3v) is 2.40. The molecule has 0 radical (unpaired) electrons. The molecule has 20 heavy (non-hydrogen) atoms. The zero-order valence-corrected chi connectivity index (χ0v) is 12.7. The normalized spacial score (nSPS) is 10.9. The van der Waals surface area contributed by atoms with Crippen LogP contribution in [-0.4, -0.2) is 32.8 Å². The molecule has 0 heterocycles. The lowest BCUT2D eigenvalue weighted by atomic mass is 10.1. The van der Waals surface area contributed by atoms with Crippen LogP contribution in [-0.2, 0) is 4.84 Å². The van der Waals surface area contributed by atoms with E-state index in [4.69, 9.17) is 19.0 Å². The Kier molecular flexibility index (Phi) is 5.21. The van der Waals surface area contributed by atoms with Gasteiger partial charge in [-0.3, -0.25) is 9.63 Å². The first-order chi connectivity index (χ1) is 9.32. The highest BCUT2D eigenvalue weighted by molar-refractivity contribution is 5.97. The average molecular weight is 283 g/mol. The molecular weight excluding hydrogens is 262 g/mol. The van der Waals surface area contributed by atoms with Crippen molar-refractivity contribution in [3.8, 4) is 17.2 Å². The van der Waals surface area contributed by atoms with E-state index in [2.05, 4.69) is 5.48 Å². The minimum atomic E-state index is -0.487. The Hall–Kier alpha value is -1.95. The molecular formula is C14H21NO5. The number of methoxy groups -OCH3 is 3. The van der Waals surface area contributed by atoms with E-state index >= 15 is 0 Å². The second-order valence-electron chi connectivity index (χ2n) is 5.05. The zero-order valence-electron chi connectivity index (χ0n) is 12.7. The lowest BCUT2D eigenvalue weighted by Gasteiger charge is -2.20. The summed E-state index contributed by atoms with van der Waals surface area (Å²) in [5.74, 6) is 0.877. The van der Waals surface area contributed by atoms with E-state index in [-0.39, 0.29) is 0 Å². The van der Waals surface area contributed by atoms with Crippen molar-refractivity contribution < 1.29 is 23.8 Å². The van der Waals surface area contributed by atoms with Gasteiger partial charge in [0.05, 0.1) is 32.5 Å². The van der Waals surface area contributed by atoms with Gasteiger partial charge in [-0.15, -0.1) is 0 Å². The molecule has 0 aliphatic rings. The third-order valence-electron chi connectivity index (χ3n) is 2.40. The van der Waals surface area contributed by atoms with E-state index < -0.39 is 11.5 Å². The fourth-order valence-electron chi connectivity index (χ4n) is 1.46. The lowest BCUT2D eigenvalue weighted by Crippen LogP contribution is -2.33. The second kappa shape index (κ2) is 6.47. The maximum absolute atomic E-state index is 12.1. The molecule has 1 aromatic rings. The molecule has 6 heteroatoms. The van der Waals surface area contributed by atoms with Crippen LogP contribution in [0.15, 0.2) is 12.1 Å². The third kappa shape index (κ3) is 4.03. The number of hydroxylamine groups is 1. The van der Waals surface area contributed by atoms with E-state index in [1.165, 1.54) is 21.3 Å². The summed E-state index contributed by atoms with van der Waals surface area (Å²) in [4.78, 5) is 17.4. The molecule has 0 saturated carbocycles. The Balaban J connectivity index is 3.06. The van der Waals surface area contributed by atoms with E-state index in [0.29, 0.717) is 22.8 Å². The molecule has 0 aliphatic heterocycles. The fraction of sp³-hybridized carbons (Fsp3) is 0.500. The number of carbonyl (C=O) groups is 1. The van der Waals surface area contributed by atoms with Gasteiger partial charge < -0.3 is 14.2 Å². The summed E-state index contributed by atoms with van der Waals surface area (Å²) in [6, 6.07) is 3.13. The Morgan fingerprint density at radius 1 is 0.950 bits per heavy atom. The molecule has 0 bridgehead atoms. The van der Waals surface area contributed by atoms with Gasteiger partial charge in [0.1, 0.15) is 5.75 Å². The molecule has 0 atom stereocenters. The van der Waals surface area contributed by atoms with E-state index in [1.54, 1.807) is 12.1 Å². The summed E-state index contributed by atoms with van der Waals surface area (Å²) >= 11 is 0. The number of hydrogen-bond donors (Lipinski definition) is 1. The number of ether oxygens (including phenoxy) is 3. The van der Waals surface area contributed by atoms with E-state index in [9.17, 15) is 4.79 Å². The van der Waals surface area contributed by atoms with Gasteiger partial charge in [-0.2, -0.15) is 0 Å². The van der Waals surface area contributed by atoms with Gasteiger partial charge in [0, 0.05) is 12.1 Å². The molecule has 0 fully saturated rings. The van der Waals surface area contributed by atoms with Crippen LogP contribution in [0, 0.1) is 0 Å². The summed E-state index contributed by atoms with van der Waals surface area (Å²) < 4.78 is 15.5. The van der Waals surface area contributed by atoms with Crippen LogP contribution in [0.4, 0.5) is 0 Å². The quantitative estimate of drug-likeness (QED) is 0.839. The Bertz CT molecular complexity index is 479. The monoisotopic (exact) mass is 283 g/mol. The smallest absolute Gasteiger partial charge is 0.278 e. The van der Waals surface area contributed by atoms with Gasteiger partial charge in [-0.05, 0) is 20.8 Å². The van der Waals surface area contributed by atoms with Crippen molar-refractivity contribution >= 4 is 5.91 Å². The van der Waals surface area contributed by atoms with Gasteiger partial charge in [-0.1, -0.05) is 0 Å². The first-order valence-corrected chi connectivity index (χ1v) is 6.10. The molecule has 0 aliphatic carbocycles. The average Bonchev–Trinajstić information content (AvgIpc) is 2.42. The van der Waals surface area contributed by atoms with Crippen molar-refractivity contribution in [2.45, 2.75) is 26.4 Å². The summed E-state index contributed by atoms with van der Waals surface area (Å²) in [7, 11) is 4.49. The van der Waals surface area contributed by atoms with Gasteiger partial charge in [0.25, 0.3) is 5.91 Å². The molecule has 1 N–H and O–H groups in total. The van der Waals surface area contributed by atoms with Crippen LogP contribution >= 0.6 is 0 Å². The Labute approximate surface area is 118 Å². The van der Waals surface area contributed by atoms with Gasteiger partial charge in [0.15, 0.2) is 11.5 Å². The van der Waals surface area contributed by atoms with Crippen LogP contribution in [0.5, 0.6) is 17.2 Å². The van der Waals surface area contributed by atoms with E-state index in [0.717, 1.165) is 0 Å². The number of nitrogens with one attached hydrogen (secondary N) is 1. The lowest BCUT2D eigenvalue weighted by molar-refractivity contribution is -0.0590. The zero-order chi connectivity index (χ0) is 15.3. The van der Waals surface area contributed by atoms with Crippen LogP contribution in [0.2, 0.25) is 0 Å². The molecule has 0 saturated heterocycles. The van der Waals surface area contributed by atoms with E-state index in [1.807, 2.05) is 20.8 Å². The van der Waals surface area contributed by atoms with Crippen molar-refractivity contribution in [3.05, 3.63) is 17.7 Å². The summed E-state index contributed by atoms with van der Waals surface area (Å²) in [6.45, 7) is 5.50. The molecule has 112 valence electrons. The molecule has 1 aromatic carbocycles. The second-order valence-corrected chi connectivity index (χ2v) is 5.05. The van der Waals surface area contributed by atoms with Crippen molar-refractivity contribution in [2.24, 2.45) is 0 Å². The Morgan fingerprint density at radius 2 is 1.45 bits per heavy atom. The Morgan fingerprint density at radius 3 is 1.90 bits per heavy atom. The topological polar surface area (TPSA) is 66.0 Å². The van der Waals surface area contributed by atoms with Crippen LogP contribution in [0.1, 0.15) is 31.1 Å². The maximum Gasteiger partial charge on any atom is 0.278 e. The first kappa shape index (κ1) is 16.1. The summed E-state index contributed by atoms with van der Waals surface area (Å²) in [5, 5.41) is 0. The predicted octanol–water partition coefficient (Wildman–Crippen LogP) is 2.17. The highest BCUT2D eigenvalue weighted by Crippen LogP contribution is 2.34. The van der Waals surface area contributed by atoms with Gasteiger partial charge >= 0.3 is 0 Å². The number of amides is 1. The maximum atomic E-state index is 12.1.